The van der Waals surface area contributed by atoms with Crippen molar-refractivity contribution < 1.29 is 4.39 Å². The third-order valence-electron chi connectivity index (χ3n) is 15.8. The van der Waals surface area contributed by atoms with Gasteiger partial charge in [0.25, 0.3) is 0 Å². The number of halogens is 1. The smallest absolute Gasteiger partial charge is 0.241 e. The molecule has 1 aliphatic heterocycles. The first kappa shape index (κ1) is 41.3. The molecule has 1 heterocycles. The van der Waals surface area contributed by atoms with Crippen molar-refractivity contribution in [2.75, 3.05) is 4.90 Å². The minimum Gasteiger partial charge on any atom is -0.310 e. The summed E-state index contributed by atoms with van der Waals surface area (Å²) in [7, 11) is -3.06. The zero-order valence-electron chi connectivity index (χ0n) is 38.3. The van der Waals surface area contributed by atoms with Crippen LogP contribution in [0, 0.1) is 23.7 Å². The van der Waals surface area contributed by atoms with E-state index in [1.54, 1.807) is 0 Å². The Morgan fingerprint density at radius 1 is 0.515 bits per heavy atom. The second-order valence-corrected chi connectivity index (χ2v) is 23.2. The molecule has 0 amide bonds. The summed E-state index contributed by atoms with van der Waals surface area (Å²) in [6, 6.07) is 75.9. The predicted molar refractivity (Wildman–Crippen MR) is 279 cm³/mol. The third kappa shape index (κ3) is 5.20. The van der Waals surface area contributed by atoms with E-state index in [-0.39, 0.29) is 11.3 Å². The second kappa shape index (κ2) is 15.0. The third-order valence-corrected chi connectivity index (χ3v) is 20.7. The SMILES string of the molecule is [C-]#[N+]c1c(F)c2c(c(N3c4ccccc4[Si](c4ccccc4)(c4ccccc4)c4ccccc43)c1C#N)C(C)(C)C1(c3cc(-c4ccccc4)ccc3-c3ccc(-c4ccccc4)cc31)C2(C)C. The Hall–Kier alpha value is -8.09. The monoisotopic (exact) mass is 891 g/mol. The number of anilines is 3. The van der Waals surface area contributed by atoms with Gasteiger partial charge in [0.2, 0.25) is 5.69 Å². The van der Waals surface area contributed by atoms with Crippen LogP contribution in [0.5, 0.6) is 0 Å². The van der Waals surface area contributed by atoms with Crippen LogP contribution in [0.1, 0.15) is 55.5 Å². The van der Waals surface area contributed by atoms with Crippen LogP contribution in [0.4, 0.5) is 27.1 Å². The van der Waals surface area contributed by atoms with Crippen LogP contribution in [-0.4, -0.2) is 8.07 Å². The Morgan fingerprint density at radius 2 is 0.926 bits per heavy atom. The lowest BCUT2D eigenvalue weighted by Gasteiger charge is -2.50. The van der Waals surface area contributed by atoms with Crippen LogP contribution >= 0.6 is 0 Å². The molecule has 2 aliphatic carbocycles. The molecular weight excluding hydrogens is 846 g/mol. The molecule has 0 radical (unpaired) electrons. The van der Waals surface area contributed by atoms with Crippen molar-refractivity contribution in [1.29, 1.82) is 5.26 Å². The highest BCUT2D eigenvalue weighted by Crippen LogP contribution is 2.73. The first-order chi connectivity index (χ1) is 33.1. The second-order valence-electron chi connectivity index (χ2n) is 19.5. The number of benzene rings is 9. The van der Waals surface area contributed by atoms with Gasteiger partial charge in [0.15, 0.2) is 8.07 Å². The normalized spacial score (nSPS) is 15.8. The van der Waals surface area contributed by atoms with E-state index in [0.717, 1.165) is 71.8 Å². The van der Waals surface area contributed by atoms with Crippen molar-refractivity contribution in [3.05, 3.63) is 251 Å². The quantitative estimate of drug-likeness (QED) is 0.127. The lowest BCUT2D eigenvalue weighted by molar-refractivity contribution is 0.229. The van der Waals surface area contributed by atoms with Crippen LogP contribution in [0.3, 0.4) is 0 Å². The van der Waals surface area contributed by atoms with Gasteiger partial charge in [-0.2, -0.15) is 5.26 Å². The maximum Gasteiger partial charge on any atom is 0.241 e. The van der Waals surface area contributed by atoms with Crippen molar-refractivity contribution in [2.24, 2.45) is 0 Å². The fraction of sp³-hybridized carbons (Fsp3) is 0.111. The number of hydrogen-bond donors (Lipinski definition) is 0. The van der Waals surface area contributed by atoms with Crippen molar-refractivity contribution in [3.8, 4) is 39.4 Å². The zero-order chi connectivity index (χ0) is 46.6. The molecule has 9 aromatic rings. The Morgan fingerprint density at radius 3 is 1.37 bits per heavy atom. The van der Waals surface area contributed by atoms with Gasteiger partial charge in [-0.25, -0.2) is 9.24 Å². The molecule has 0 aromatic heterocycles. The maximum absolute atomic E-state index is 18.5. The lowest BCUT2D eigenvalue weighted by Crippen LogP contribution is -2.77. The molecule has 0 bridgehead atoms. The van der Waals surface area contributed by atoms with E-state index < -0.39 is 30.1 Å². The molecule has 9 aromatic carbocycles. The van der Waals surface area contributed by atoms with Gasteiger partial charge in [-0.15, -0.1) is 0 Å². The maximum atomic E-state index is 18.5. The van der Waals surface area contributed by atoms with E-state index in [2.05, 4.69) is 238 Å². The molecule has 3 aliphatic rings. The molecular formula is C63H46FN3Si. The van der Waals surface area contributed by atoms with Gasteiger partial charge in [-0.1, -0.05) is 210 Å². The highest BCUT2D eigenvalue weighted by molar-refractivity contribution is 7.21. The van der Waals surface area contributed by atoms with Crippen LogP contribution in [0.15, 0.2) is 206 Å². The molecule has 0 N–H and O–H groups in total. The molecule has 0 saturated heterocycles. The van der Waals surface area contributed by atoms with E-state index in [1.165, 1.54) is 10.4 Å². The minimum atomic E-state index is -3.06. The first-order valence-electron chi connectivity index (χ1n) is 23.3. The largest absolute Gasteiger partial charge is 0.310 e. The number of para-hydroxylation sites is 2. The van der Waals surface area contributed by atoms with Gasteiger partial charge in [0.05, 0.1) is 23.9 Å². The molecule has 0 saturated carbocycles. The van der Waals surface area contributed by atoms with Crippen molar-refractivity contribution >= 4 is 51.6 Å². The van der Waals surface area contributed by atoms with E-state index in [0.29, 0.717) is 11.3 Å². The number of nitriles is 1. The summed E-state index contributed by atoms with van der Waals surface area (Å²) in [4.78, 5) is 6.21. The summed E-state index contributed by atoms with van der Waals surface area (Å²) in [6.45, 7) is 17.6. The Labute approximate surface area is 398 Å². The molecule has 0 unspecified atom stereocenters. The molecule has 0 fully saturated rings. The van der Waals surface area contributed by atoms with Gasteiger partial charge in [0.1, 0.15) is 5.82 Å². The molecule has 12 rings (SSSR count). The highest BCUT2D eigenvalue weighted by atomic mass is 28.3. The standard InChI is InChI=1S/C63H46FN3Si/c1-61(2)56-57(62(3,4)63(61)50-38-43(41-22-10-6-11-23-41)34-36-47(50)48-37-35-44(39-51(48)63)42-24-12-7-13-25-42)60(49(40-65)59(66-5)58(56)64)67-52-30-18-20-32-54(52)68(45-26-14-8-15-27-45,46-28-16-9-17-29-46)55-33-21-19-31-53(55)67/h6-39H,1-4H3. The fourth-order valence-corrected chi connectivity index (χ4v) is 18.5. The van der Waals surface area contributed by atoms with Crippen molar-refractivity contribution in [1.82, 2.24) is 0 Å². The predicted octanol–water partition coefficient (Wildman–Crippen LogP) is 13.3. The zero-order valence-corrected chi connectivity index (χ0v) is 39.3. The Kier molecular flexibility index (Phi) is 9.10. The lowest BCUT2D eigenvalue weighted by atomic mass is 9.52. The minimum absolute atomic E-state index is 0.0462. The number of hydrogen-bond acceptors (Lipinski definition) is 2. The summed E-state index contributed by atoms with van der Waals surface area (Å²) in [5.74, 6) is -0.616. The average Bonchev–Trinajstić information content (AvgIpc) is 3.77. The van der Waals surface area contributed by atoms with E-state index in [1.807, 2.05) is 12.1 Å². The molecule has 5 heteroatoms. The van der Waals surface area contributed by atoms with Crippen LogP contribution in [0.2, 0.25) is 0 Å². The molecule has 68 heavy (non-hydrogen) atoms. The first-order valence-corrected chi connectivity index (χ1v) is 25.3. The Balaban J connectivity index is 1.22. The Bertz CT molecular complexity index is 3430. The average molecular weight is 892 g/mol. The van der Waals surface area contributed by atoms with Gasteiger partial charge in [-0.05, 0) is 101 Å². The number of fused-ring (bicyclic) bond motifs is 8. The summed E-state index contributed by atoms with van der Waals surface area (Å²) < 4.78 is 18.5. The fourth-order valence-electron chi connectivity index (χ4n) is 13.4. The van der Waals surface area contributed by atoms with Gasteiger partial charge < -0.3 is 4.90 Å². The number of nitrogens with zero attached hydrogens (tertiary/aromatic N) is 3. The highest BCUT2D eigenvalue weighted by Gasteiger charge is 2.69. The molecule has 0 atom stereocenters. The van der Waals surface area contributed by atoms with Crippen molar-refractivity contribution in [2.45, 2.75) is 43.9 Å². The number of rotatable bonds is 5. The molecule has 1 spiro atoms. The molecule has 3 nitrogen and oxygen atoms in total. The van der Waals surface area contributed by atoms with Crippen LogP contribution in [0.25, 0.3) is 38.2 Å². The summed E-state index contributed by atoms with van der Waals surface area (Å²) in [6.07, 6.45) is 0. The van der Waals surface area contributed by atoms with Crippen LogP contribution in [-0.2, 0) is 16.2 Å². The summed E-state index contributed by atoms with van der Waals surface area (Å²) >= 11 is 0. The summed E-state index contributed by atoms with van der Waals surface area (Å²) in [5.41, 5.74) is 9.45. The van der Waals surface area contributed by atoms with E-state index in [4.69, 9.17) is 6.57 Å². The van der Waals surface area contributed by atoms with Crippen molar-refractivity contribution in [3.63, 3.8) is 0 Å². The van der Waals surface area contributed by atoms with E-state index >= 15 is 4.39 Å². The van der Waals surface area contributed by atoms with Gasteiger partial charge >= 0.3 is 0 Å². The van der Waals surface area contributed by atoms with E-state index in [9.17, 15) is 5.26 Å². The van der Waals surface area contributed by atoms with Crippen LogP contribution < -0.4 is 25.6 Å². The topological polar surface area (TPSA) is 31.4 Å². The van der Waals surface area contributed by atoms with Gasteiger partial charge in [-0.3, -0.25) is 0 Å². The van der Waals surface area contributed by atoms with Gasteiger partial charge in [0, 0.05) is 27.6 Å². The molecule has 324 valence electrons. The summed E-state index contributed by atoms with van der Waals surface area (Å²) in [5, 5.41) is 16.4.